The summed E-state index contributed by atoms with van der Waals surface area (Å²) in [7, 11) is 0. The number of hydrogen-bond acceptors (Lipinski definition) is 3. The minimum absolute atomic E-state index is 0.130. The van der Waals surface area contributed by atoms with Gasteiger partial charge in [0, 0.05) is 25.4 Å². The Balaban J connectivity index is 2.53. The molecule has 1 rings (SSSR count). The first-order chi connectivity index (χ1) is 9.05. The fraction of sp³-hybridized carbons (Fsp3) is 0.846. The standard InChI is InChI=1S/C13H24N2O3S/c1-3-13(4-2,11(16)17)10-14-12(18)15-6-5-8-19-9-7-15/h3-10H2,1-2H3,(H,14,18)(H,16,17). The van der Waals surface area contributed by atoms with Crippen LogP contribution in [0, 0.1) is 5.41 Å². The molecular formula is C13H24N2O3S. The molecule has 0 bridgehead atoms. The lowest BCUT2D eigenvalue weighted by molar-refractivity contribution is -0.149. The van der Waals surface area contributed by atoms with E-state index in [1.54, 1.807) is 4.90 Å². The highest BCUT2D eigenvalue weighted by molar-refractivity contribution is 7.99. The molecule has 0 aliphatic carbocycles. The number of carboxylic acid groups (broad SMARTS) is 1. The van der Waals surface area contributed by atoms with Crippen molar-refractivity contribution in [2.75, 3.05) is 31.1 Å². The second kappa shape index (κ2) is 7.62. The molecule has 0 radical (unpaired) electrons. The van der Waals surface area contributed by atoms with Gasteiger partial charge in [-0.05, 0) is 25.0 Å². The molecule has 1 saturated heterocycles. The highest BCUT2D eigenvalue weighted by Gasteiger charge is 2.35. The number of carbonyl (C=O) groups excluding carboxylic acids is 1. The summed E-state index contributed by atoms with van der Waals surface area (Å²) in [4.78, 5) is 25.2. The summed E-state index contributed by atoms with van der Waals surface area (Å²) < 4.78 is 0. The highest BCUT2D eigenvalue weighted by Crippen LogP contribution is 2.25. The van der Waals surface area contributed by atoms with Crippen LogP contribution in [-0.4, -0.2) is 53.1 Å². The smallest absolute Gasteiger partial charge is 0.317 e. The third-order valence-corrected chi connectivity index (χ3v) is 4.94. The average Bonchev–Trinajstić information content (AvgIpc) is 2.68. The van der Waals surface area contributed by atoms with Crippen molar-refractivity contribution < 1.29 is 14.7 Å². The van der Waals surface area contributed by atoms with E-state index in [1.165, 1.54) is 0 Å². The number of urea groups is 1. The van der Waals surface area contributed by atoms with Crippen LogP contribution >= 0.6 is 11.8 Å². The quantitative estimate of drug-likeness (QED) is 0.812. The minimum Gasteiger partial charge on any atom is -0.481 e. The third kappa shape index (κ3) is 4.30. The first kappa shape index (κ1) is 16.1. The number of nitrogens with one attached hydrogen (secondary N) is 1. The summed E-state index contributed by atoms with van der Waals surface area (Å²) in [6, 6.07) is -0.130. The zero-order valence-electron chi connectivity index (χ0n) is 11.8. The Morgan fingerprint density at radius 2 is 1.95 bits per heavy atom. The molecule has 1 heterocycles. The molecule has 6 heteroatoms. The van der Waals surface area contributed by atoms with Crippen molar-refractivity contribution in [1.82, 2.24) is 10.2 Å². The molecule has 2 amide bonds. The molecule has 0 saturated carbocycles. The van der Waals surface area contributed by atoms with Crippen molar-refractivity contribution in [2.45, 2.75) is 33.1 Å². The van der Waals surface area contributed by atoms with E-state index >= 15 is 0 Å². The summed E-state index contributed by atoms with van der Waals surface area (Å²) >= 11 is 1.86. The first-order valence-electron chi connectivity index (χ1n) is 6.89. The molecule has 1 fully saturated rings. The molecular weight excluding hydrogens is 264 g/mol. The molecule has 0 aromatic carbocycles. The van der Waals surface area contributed by atoms with Crippen molar-refractivity contribution >= 4 is 23.8 Å². The number of aliphatic carboxylic acids is 1. The fourth-order valence-electron chi connectivity index (χ4n) is 2.18. The zero-order chi connectivity index (χ0) is 14.3. The van der Waals surface area contributed by atoms with Gasteiger partial charge in [0.1, 0.15) is 0 Å². The normalized spacial score (nSPS) is 16.8. The largest absolute Gasteiger partial charge is 0.481 e. The van der Waals surface area contributed by atoms with Gasteiger partial charge in [-0.3, -0.25) is 4.79 Å². The fourth-order valence-corrected chi connectivity index (χ4v) is 3.07. The number of carboxylic acids is 1. The van der Waals surface area contributed by atoms with E-state index in [-0.39, 0.29) is 12.6 Å². The average molecular weight is 288 g/mol. The van der Waals surface area contributed by atoms with Crippen LogP contribution in [0.15, 0.2) is 0 Å². The van der Waals surface area contributed by atoms with Crippen LogP contribution in [0.5, 0.6) is 0 Å². The third-order valence-electron chi connectivity index (χ3n) is 3.89. The van der Waals surface area contributed by atoms with Crippen molar-refractivity contribution in [3.05, 3.63) is 0 Å². The Kier molecular flexibility index (Phi) is 6.48. The molecule has 110 valence electrons. The van der Waals surface area contributed by atoms with Crippen LogP contribution in [0.4, 0.5) is 4.79 Å². The van der Waals surface area contributed by atoms with E-state index < -0.39 is 11.4 Å². The van der Waals surface area contributed by atoms with E-state index in [2.05, 4.69) is 5.32 Å². The lowest BCUT2D eigenvalue weighted by Gasteiger charge is -2.29. The Hall–Kier alpha value is -0.910. The zero-order valence-corrected chi connectivity index (χ0v) is 12.6. The second-order valence-corrected chi connectivity index (χ2v) is 6.13. The van der Waals surface area contributed by atoms with E-state index in [9.17, 15) is 14.7 Å². The predicted octanol–water partition coefficient (Wildman–Crippen LogP) is 2.03. The van der Waals surface area contributed by atoms with E-state index in [0.29, 0.717) is 12.8 Å². The van der Waals surface area contributed by atoms with Gasteiger partial charge in [-0.25, -0.2) is 4.79 Å². The minimum atomic E-state index is -0.837. The van der Waals surface area contributed by atoms with Gasteiger partial charge in [0.25, 0.3) is 0 Å². The Morgan fingerprint density at radius 1 is 1.26 bits per heavy atom. The number of carbonyl (C=O) groups is 2. The van der Waals surface area contributed by atoms with Crippen LogP contribution in [0.2, 0.25) is 0 Å². The monoisotopic (exact) mass is 288 g/mol. The van der Waals surface area contributed by atoms with Gasteiger partial charge in [0.15, 0.2) is 0 Å². The molecule has 5 nitrogen and oxygen atoms in total. The Morgan fingerprint density at radius 3 is 2.53 bits per heavy atom. The van der Waals surface area contributed by atoms with E-state index in [0.717, 1.165) is 31.0 Å². The van der Waals surface area contributed by atoms with E-state index in [1.807, 2.05) is 25.6 Å². The van der Waals surface area contributed by atoms with Crippen molar-refractivity contribution in [2.24, 2.45) is 5.41 Å². The van der Waals surface area contributed by atoms with Crippen LogP contribution in [0.1, 0.15) is 33.1 Å². The van der Waals surface area contributed by atoms with Gasteiger partial charge >= 0.3 is 12.0 Å². The maximum Gasteiger partial charge on any atom is 0.317 e. The topological polar surface area (TPSA) is 69.6 Å². The summed E-state index contributed by atoms with van der Waals surface area (Å²) in [5, 5.41) is 12.1. The molecule has 0 spiro atoms. The summed E-state index contributed by atoms with van der Waals surface area (Å²) in [6.07, 6.45) is 2.05. The maximum atomic E-state index is 12.1. The van der Waals surface area contributed by atoms with Crippen molar-refractivity contribution in [3.63, 3.8) is 0 Å². The van der Waals surface area contributed by atoms with E-state index in [4.69, 9.17) is 0 Å². The number of amides is 2. The van der Waals surface area contributed by atoms with Crippen LogP contribution < -0.4 is 5.32 Å². The Labute approximate surface area is 119 Å². The molecule has 0 aromatic rings. The van der Waals surface area contributed by atoms with Crippen LogP contribution in [0.25, 0.3) is 0 Å². The van der Waals surface area contributed by atoms with Crippen LogP contribution in [0.3, 0.4) is 0 Å². The molecule has 2 N–H and O–H groups in total. The second-order valence-electron chi connectivity index (χ2n) is 4.90. The summed E-state index contributed by atoms with van der Waals surface area (Å²) in [6.45, 7) is 5.42. The number of hydrogen-bond donors (Lipinski definition) is 2. The first-order valence-corrected chi connectivity index (χ1v) is 8.05. The SMILES string of the molecule is CCC(CC)(CNC(=O)N1CCCSCC1)C(=O)O. The molecule has 0 unspecified atom stereocenters. The number of thioether (sulfide) groups is 1. The summed E-state index contributed by atoms with van der Waals surface area (Å²) in [5.41, 5.74) is -0.837. The number of rotatable bonds is 5. The molecule has 19 heavy (non-hydrogen) atoms. The summed E-state index contributed by atoms with van der Waals surface area (Å²) in [5.74, 6) is 1.22. The van der Waals surface area contributed by atoms with Crippen molar-refractivity contribution in [1.29, 1.82) is 0 Å². The lowest BCUT2D eigenvalue weighted by atomic mass is 9.82. The van der Waals surface area contributed by atoms with Crippen molar-refractivity contribution in [3.8, 4) is 0 Å². The van der Waals surface area contributed by atoms with Gasteiger partial charge in [-0.15, -0.1) is 0 Å². The molecule has 0 atom stereocenters. The molecule has 0 aromatic heterocycles. The number of nitrogens with zero attached hydrogens (tertiary/aromatic N) is 1. The van der Waals surface area contributed by atoms with Gasteiger partial charge in [0.2, 0.25) is 0 Å². The van der Waals surface area contributed by atoms with Crippen LogP contribution in [-0.2, 0) is 4.79 Å². The predicted molar refractivity (Wildman–Crippen MR) is 77.6 cm³/mol. The Bertz CT molecular complexity index is 311. The van der Waals surface area contributed by atoms with Gasteiger partial charge in [-0.1, -0.05) is 13.8 Å². The highest BCUT2D eigenvalue weighted by atomic mass is 32.2. The van der Waals surface area contributed by atoms with Gasteiger partial charge in [0.05, 0.1) is 5.41 Å². The maximum absolute atomic E-state index is 12.1. The molecule has 1 aliphatic heterocycles. The molecule has 1 aliphatic rings. The lowest BCUT2D eigenvalue weighted by Crippen LogP contribution is -2.47. The van der Waals surface area contributed by atoms with Gasteiger partial charge < -0.3 is 15.3 Å². The van der Waals surface area contributed by atoms with Gasteiger partial charge in [-0.2, -0.15) is 11.8 Å².